The molecule has 3 amide bonds. The molecule has 2 aromatic rings. The smallest absolute Gasteiger partial charge is 0.328 e. The Bertz CT molecular complexity index is 1100. The molecule has 0 aliphatic carbocycles. The molecular weight excluding hydrogens is 468 g/mol. The van der Waals surface area contributed by atoms with Gasteiger partial charge in [0.1, 0.15) is 5.84 Å². The molecule has 4 rings (SSSR count). The number of carbonyl (C=O) groups is 2. The van der Waals surface area contributed by atoms with E-state index in [-0.39, 0.29) is 18.5 Å². The maximum Gasteiger partial charge on any atom is 0.328 e. The van der Waals surface area contributed by atoms with Gasteiger partial charge < -0.3 is 5.11 Å². The first-order valence-corrected chi connectivity index (χ1v) is 13.3. The lowest BCUT2D eigenvalue weighted by Crippen LogP contribution is -2.74. The van der Waals surface area contributed by atoms with Crippen molar-refractivity contribution in [1.82, 2.24) is 24.8 Å². The molecule has 2 unspecified atom stereocenters. The Kier molecular flexibility index (Phi) is 8.56. The van der Waals surface area contributed by atoms with Crippen LogP contribution in [0, 0.1) is 0 Å². The number of pyridine rings is 1. The number of aliphatic hydroxyl groups is 1. The summed E-state index contributed by atoms with van der Waals surface area (Å²) in [6, 6.07) is 13.0. The van der Waals surface area contributed by atoms with Crippen molar-refractivity contribution < 1.29 is 14.7 Å². The zero-order chi connectivity index (χ0) is 26.4. The molecule has 9 nitrogen and oxygen atoms in total. The quantitative estimate of drug-likeness (QED) is 0.476. The first-order chi connectivity index (χ1) is 18.0. The van der Waals surface area contributed by atoms with Crippen LogP contribution in [0.5, 0.6) is 0 Å². The number of nitrogens with zero attached hydrogens (tertiary/aromatic N) is 6. The van der Waals surface area contributed by atoms with Crippen molar-refractivity contribution in [2.75, 3.05) is 32.8 Å². The molecule has 1 aromatic heterocycles. The van der Waals surface area contributed by atoms with E-state index in [1.54, 1.807) is 12.4 Å². The Morgan fingerprint density at radius 2 is 1.73 bits per heavy atom. The second-order valence-corrected chi connectivity index (χ2v) is 9.47. The third kappa shape index (κ3) is 5.10. The van der Waals surface area contributed by atoms with Gasteiger partial charge in [-0.25, -0.2) is 14.8 Å². The van der Waals surface area contributed by atoms with Gasteiger partial charge in [0.15, 0.2) is 11.7 Å². The van der Waals surface area contributed by atoms with Crippen molar-refractivity contribution in [2.45, 2.75) is 58.2 Å². The summed E-state index contributed by atoms with van der Waals surface area (Å²) in [6.07, 6.45) is 5.81. The van der Waals surface area contributed by atoms with Crippen LogP contribution in [0.25, 0.3) is 0 Å². The molecule has 1 aromatic carbocycles. The topological polar surface area (TPSA) is 92.6 Å². The number of rotatable bonds is 12. The molecule has 37 heavy (non-hydrogen) atoms. The van der Waals surface area contributed by atoms with Crippen molar-refractivity contribution in [3.05, 3.63) is 66.0 Å². The van der Waals surface area contributed by atoms with Crippen LogP contribution in [-0.4, -0.2) is 92.2 Å². The fourth-order valence-electron chi connectivity index (χ4n) is 5.48. The first-order valence-electron chi connectivity index (χ1n) is 13.3. The number of likely N-dealkylation sites (N-methyl/N-ethyl adjacent to an activating group) is 1. The predicted octanol–water partition coefficient (Wildman–Crippen LogP) is 2.96. The molecule has 9 heteroatoms. The second kappa shape index (κ2) is 11.8. The highest BCUT2D eigenvalue weighted by atomic mass is 16.3. The molecule has 0 saturated carbocycles. The highest BCUT2D eigenvalue weighted by Gasteiger charge is 2.62. The van der Waals surface area contributed by atoms with Gasteiger partial charge in [0.05, 0.1) is 6.61 Å². The Morgan fingerprint density at radius 3 is 2.35 bits per heavy atom. The summed E-state index contributed by atoms with van der Waals surface area (Å²) in [5.41, 5.74) is 1.12. The number of benzene rings is 1. The van der Waals surface area contributed by atoms with Gasteiger partial charge in [0.25, 0.3) is 5.91 Å². The van der Waals surface area contributed by atoms with Crippen LogP contribution in [0.4, 0.5) is 4.79 Å². The number of aliphatic hydroxyl groups excluding tert-OH is 1. The van der Waals surface area contributed by atoms with E-state index in [2.05, 4.69) is 17.1 Å². The summed E-state index contributed by atoms with van der Waals surface area (Å²) in [5.74, 6) is 0.493. The van der Waals surface area contributed by atoms with Crippen molar-refractivity contribution in [3.63, 3.8) is 0 Å². The van der Waals surface area contributed by atoms with E-state index >= 15 is 0 Å². The van der Waals surface area contributed by atoms with Crippen LogP contribution in [0.1, 0.15) is 44.7 Å². The average Bonchev–Trinajstić information content (AvgIpc) is 3.25. The molecule has 2 atom stereocenters. The third-order valence-corrected chi connectivity index (χ3v) is 7.27. The fraction of sp³-hybridized carbons (Fsp3) is 0.500. The number of hydrogen-bond acceptors (Lipinski definition) is 7. The normalized spacial score (nSPS) is 21.6. The Balaban J connectivity index is 1.81. The summed E-state index contributed by atoms with van der Waals surface area (Å²) in [6.45, 7) is 7.67. The third-order valence-electron chi connectivity index (χ3n) is 7.27. The lowest BCUT2D eigenvalue weighted by Gasteiger charge is -2.51. The van der Waals surface area contributed by atoms with Crippen LogP contribution < -0.4 is 0 Å². The predicted molar refractivity (Wildman–Crippen MR) is 143 cm³/mol. The van der Waals surface area contributed by atoms with E-state index in [9.17, 15) is 14.7 Å². The number of amides is 3. The van der Waals surface area contributed by atoms with Crippen LogP contribution in [0.15, 0.2) is 59.9 Å². The molecular formula is C28H38N6O3. The monoisotopic (exact) mass is 506 g/mol. The molecule has 2 aliphatic rings. The fourth-order valence-corrected chi connectivity index (χ4v) is 5.48. The van der Waals surface area contributed by atoms with Gasteiger partial charge in [-0.3, -0.25) is 24.6 Å². The summed E-state index contributed by atoms with van der Waals surface area (Å²) < 4.78 is 0. The molecule has 2 aliphatic heterocycles. The van der Waals surface area contributed by atoms with Crippen molar-refractivity contribution in [1.29, 1.82) is 0 Å². The molecule has 0 radical (unpaired) electrons. The molecule has 1 fully saturated rings. The Labute approximate surface area is 219 Å². The van der Waals surface area contributed by atoms with E-state index in [1.165, 1.54) is 4.90 Å². The van der Waals surface area contributed by atoms with Crippen molar-refractivity contribution in [2.24, 2.45) is 4.99 Å². The van der Waals surface area contributed by atoms with Crippen LogP contribution in [0.2, 0.25) is 0 Å². The number of aromatic nitrogens is 1. The van der Waals surface area contributed by atoms with Crippen LogP contribution in [-0.2, 0) is 17.6 Å². The number of urea groups is 1. The van der Waals surface area contributed by atoms with Crippen molar-refractivity contribution >= 4 is 17.8 Å². The zero-order valence-corrected chi connectivity index (χ0v) is 22.1. The van der Waals surface area contributed by atoms with Gasteiger partial charge in [0.2, 0.25) is 0 Å². The van der Waals surface area contributed by atoms with E-state index in [4.69, 9.17) is 4.99 Å². The number of hydrazine groups is 1. The summed E-state index contributed by atoms with van der Waals surface area (Å²) in [4.78, 5) is 40.5. The van der Waals surface area contributed by atoms with Gasteiger partial charge in [-0.05, 0) is 42.5 Å². The molecule has 3 heterocycles. The lowest BCUT2D eigenvalue weighted by molar-refractivity contribution is -0.151. The number of imide groups is 1. The van der Waals surface area contributed by atoms with E-state index in [0.717, 1.165) is 17.0 Å². The first kappa shape index (κ1) is 26.8. The van der Waals surface area contributed by atoms with Gasteiger partial charge in [-0.2, -0.15) is 0 Å². The summed E-state index contributed by atoms with van der Waals surface area (Å²) in [5, 5.41) is 13.8. The SMILES string of the molecule is CCCN1C(=O)C2N(N(CC)CCO)C(Cc3ccncc3)=NC2(CC)N(CCc2ccccc2)C1=O. The van der Waals surface area contributed by atoms with Gasteiger partial charge >= 0.3 is 6.03 Å². The molecule has 198 valence electrons. The van der Waals surface area contributed by atoms with Crippen molar-refractivity contribution in [3.8, 4) is 0 Å². The number of fused-ring (bicyclic) bond motifs is 1. The number of aliphatic imine (C=N–C) groups is 1. The summed E-state index contributed by atoms with van der Waals surface area (Å²) in [7, 11) is 0. The molecule has 1 saturated heterocycles. The highest BCUT2D eigenvalue weighted by molar-refractivity contribution is 6.05. The standard InChI is InChI=1S/C28H38N6O3/c1-4-17-32-26(36)25-28(5-2,33(27(32)37)18-14-22-10-8-7-9-11-22)30-24(21-23-12-15-29-16-13-23)34(25)31(6-3)19-20-35/h7-13,15-16,25,35H,4-6,14,17-21H2,1-3H3. The van der Waals surface area contributed by atoms with E-state index in [0.29, 0.717) is 51.9 Å². The minimum atomic E-state index is -1.03. The zero-order valence-electron chi connectivity index (χ0n) is 22.1. The molecule has 0 spiro atoms. The minimum absolute atomic E-state index is 0.0533. The Morgan fingerprint density at radius 1 is 1.00 bits per heavy atom. The second-order valence-electron chi connectivity index (χ2n) is 9.47. The van der Waals surface area contributed by atoms with E-state index in [1.807, 2.05) is 66.0 Å². The van der Waals surface area contributed by atoms with Crippen LogP contribution >= 0.6 is 0 Å². The van der Waals surface area contributed by atoms with E-state index < -0.39 is 11.7 Å². The van der Waals surface area contributed by atoms with Gasteiger partial charge in [-0.15, -0.1) is 0 Å². The maximum atomic E-state index is 14.1. The van der Waals surface area contributed by atoms with Gasteiger partial charge in [0, 0.05) is 45.0 Å². The molecule has 1 N–H and O–H groups in total. The Hall–Kier alpha value is -3.30. The lowest BCUT2D eigenvalue weighted by atomic mass is 9.91. The number of carbonyl (C=O) groups excluding carboxylic acids is 2. The minimum Gasteiger partial charge on any atom is -0.395 e. The van der Waals surface area contributed by atoms with Gasteiger partial charge in [-0.1, -0.05) is 51.1 Å². The van der Waals surface area contributed by atoms with Crippen LogP contribution in [0.3, 0.4) is 0 Å². The number of amidine groups is 1. The highest BCUT2D eigenvalue weighted by Crippen LogP contribution is 2.41. The summed E-state index contributed by atoms with van der Waals surface area (Å²) >= 11 is 0. The maximum absolute atomic E-state index is 14.1. The molecule has 0 bridgehead atoms. The average molecular weight is 507 g/mol. The number of hydrogen-bond donors (Lipinski definition) is 1. The largest absolute Gasteiger partial charge is 0.395 e.